The molecule has 6 nitrogen and oxygen atoms in total. The average Bonchev–Trinajstić information content (AvgIpc) is 2.96. The van der Waals surface area contributed by atoms with Crippen LogP contribution in [0, 0.1) is 6.92 Å². The number of hydrogen-bond donors (Lipinski definition) is 1. The van der Waals surface area contributed by atoms with E-state index in [2.05, 4.69) is 23.1 Å². The zero-order valence-corrected chi connectivity index (χ0v) is 16.0. The number of rotatable bonds is 2. The molecule has 1 unspecified atom stereocenters. The number of piperidine rings is 2. The Kier molecular flexibility index (Phi) is 5.37. The van der Waals surface area contributed by atoms with Gasteiger partial charge >= 0.3 is 6.09 Å². The van der Waals surface area contributed by atoms with Crippen LogP contribution in [0.3, 0.4) is 0 Å². The van der Waals surface area contributed by atoms with Gasteiger partial charge in [-0.1, -0.05) is 0 Å². The Labute approximate surface area is 150 Å². The number of nitrogens with one attached hydrogen (secondary N) is 1. The second kappa shape index (κ2) is 7.36. The number of nitrogens with zero attached hydrogens (tertiary/aromatic N) is 3. The van der Waals surface area contributed by atoms with Gasteiger partial charge < -0.3 is 15.0 Å². The zero-order chi connectivity index (χ0) is 18.0. The summed E-state index contributed by atoms with van der Waals surface area (Å²) in [5, 5.41) is 8.13. The monoisotopic (exact) mass is 348 g/mol. The molecule has 1 atom stereocenters. The lowest BCUT2D eigenvalue weighted by atomic mass is 9.90. The Bertz CT molecular complexity index is 599. The van der Waals surface area contributed by atoms with E-state index in [0.717, 1.165) is 32.5 Å². The predicted molar refractivity (Wildman–Crippen MR) is 97.9 cm³/mol. The van der Waals surface area contributed by atoms with Crippen molar-refractivity contribution in [3.63, 3.8) is 0 Å². The SMILES string of the molecule is Cc1c(C2CCNCC2)cnn1C1CCCN(C(=O)OC(C)(C)C)C1. The number of aromatic nitrogens is 2. The van der Waals surface area contributed by atoms with E-state index in [9.17, 15) is 4.79 Å². The molecule has 0 aliphatic carbocycles. The Hall–Kier alpha value is -1.56. The van der Waals surface area contributed by atoms with Gasteiger partial charge in [-0.3, -0.25) is 4.68 Å². The summed E-state index contributed by atoms with van der Waals surface area (Å²) in [6.45, 7) is 11.5. The summed E-state index contributed by atoms with van der Waals surface area (Å²) < 4.78 is 7.69. The fraction of sp³-hybridized carbons (Fsp3) is 0.789. The standard InChI is InChI=1S/C19H32N4O2/c1-14-17(15-7-9-20-10-8-15)12-21-23(14)16-6-5-11-22(13-16)18(24)25-19(2,3)4/h12,15-16,20H,5-11,13H2,1-4H3. The van der Waals surface area contributed by atoms with Crippen molar-refractivity contribution in [1.29, 1.82) is 0 Å². The first kappa shape index (κ1) is 18.2. The van der Waals surface area contributed by atoms with Gasteiger partial charge in [-0.15, -0.1) is 0 Å². The number of amides is 1. The van der Waals surface area contributed by atoms with E-state index in [1.165, 1.54) is 24.1 Å². The van der Waals surface area contributed by atoms with E-state index in [1.807, 2.05) is 25.7 Å². The summed E-state index contributed by atoms with van der Waals surface area (Å²) in [4.78, 5) is 14.2. The molecule has 3 heterocycles. The number of carbonyl (C=O) groups is 1. The first-order valence-corrected chi connectivity index (χ1v) is 9.58. The number of carbonyl (C=O) groups excluding carboxylic acids is 1. The van der Waals surface area contributed by atoms with Crippen LogP contribution in [0.25, 0.3) is 0 Å². The van der Waals surface area contributed by atoms with Gasteiger partial charge in [0.05, 0.1) is 12.2 Å². The predicted octanol–water partition coefficient (Wildman–Crippen LogP) is 3.23. The summed E-state index contributed by atoms with van der Waals surface area (Å²) in [6, 6.07) is 0.247. The van der Waals surface area contributed by atoms with E-state index in [1.54, 1.807) is 0 Å². The third-order valence-electron chi connectivity index (χ3n) is 5.26. The maximum atomic E-state index is 12.4. The molecule has 2 saturated heterocycles. The highest BCUT2D eigenvalue weighted by atomic mass is 16.6. The minimum absolute atomic E-state index is 0.208. The van der Waals surface area contributed by atoms with Crippen molar-refractivity contribution in [3.05, 3.63) is 17.5 Å². The van der Waals surface area contributed by atoms with Gasteiger partial charge in [-0.2, -0.15) is 5.10 Å². The van der Waals surface area contributed by atoms with E-state index in [4.69, 9.17) is 9.84 Å². The maximum Gasteiger partial charge on any atom is 0.410 e. The molecule has 25 heavy (non-hydrogen) atoms. The van der Waals surface area contributed by atoms with Gasteiger partial charge in [-0.25, -0.2) is 4.79 Å². The Morgan fingerprint density at radius 1 is 1.28 bits per heavy atom. The fourth-order valence-electron chi connectivity index (χ4n) is 3.99. The van der Waals surface area contributed by atoms with E-state index < -0.39 is 5.60 Å². The molecule has 3 rings (SSSR count). The third kappa shape index (κ3) is 4.35. The van der Waals surface area contributed by atoms with Crippen LogP contribution < -0.4 is 5.32 Å². The Morgan fingerprint density at radius 3 is 2.68 bits per heavy atom. The molecule has 1 amide bonds. The maximum absolute atomic E-state index is 12.4. The molecule has 0 bridgehead atoms. The normalized spacial score (nSPS) is 22.9. The highest BCUT2D eigenvalue weighted by molar-refractivity contribution is 5.68. The summed E-state index contributed by atoms with van der Waals surface area (Å²) in [6.07, 6.45) is 6.26. The van der Waals surface area contributed by atoms with E-state index in [0.29, 0.717) is 12.5 Å². The molecule has 1 aromatic rings. The number of ether oxygens (including phenoxy) is 1. The van der Waals surface area contributed by atoms with Crippen LogP contribution in [-0.4, -0.2) is 52.6 Å². The summed E-state index contributed by atoms with van der Waals surface area (Å²) in [5.74, 6) is 0.612. The molecular formula is C19H32N4O2. The van der Waals surface area contributed by atoms with Crippen LogP contribution >= 0.6 is 0 Å². The molecule has 0 spiro atoms. The lowest BCUT2D eigenvalue weighted by molar-refractivity contribution is 0.0166. The highest BCUT2D eigenvalue weighted by Crippen LogP contribution is 2.31. The first-order chi connectivity index (χ1) is 11.8. The van der Waals surface area contributed by atoms with Crippen molar-refractivity contribution in [2.45, 2.75) is 70.9 Å². The van der Waals surface area contributed by atoms with Crippen molar-refractivity contribution >= 4 is 6.09 Å². The Morgan fingerprint density at radius 2 is 2.00 bits per heavy atom. The van der Waals surface area contributed by atoms with Crippen molar-refractivity contribution in [2.24, 2.45) is 0 Å². The van der Waals surface area contributed by atoms with Gasteiger partial charge in [0.1, 0.15) is 5.60 Å². The highest BCUT2D eigenvalue weighted by Gasteiger charge is 2.30. The van der Waals surface area contributed by atoms with Gasteiger partial charge in [0.25, 0.3) is 0 Å². The van der Waals surface area contributed by atoms with Crippen molar-refractivity contribution in [2.75, 3.05) is 26.2 Å². The quantitative estimate of drug-likeness (QED) is 0.891. The smallest absolute Gasteiger partial charge is 0.410 e. The van der Waals surface area contributed by atoms with Gasteiger partial charge in [0.2, 0.25) is 0 Å². The minimum Gasteiger partial charge on any atom is -0.444 e. The van der Waals surface area contributed by atoms with Crippen molar-refractivity contribution < 1.29 is 9.53 Å². The topological polar surface area (TPSA) is 59.4 Å². The van der Waals surface area contributed by atoms with Crippen LogP contribution in [0.2, 0.25) is 0 Å². The second-order valence-electron chi connectivity index (χ2n) is 8.38. The van der Waals surface area contributed by atoms with Crippen LogP contribution in [0.15, 0.2) is 6.20 Å². The summed E-state index contributed by atoms with van der Waals surface area (Å²) >= 11 is 0. The van der Waals surface area contributed by atoms with Crippen LogP contribution in [-0.2, 0) is 4.74 Å². The second-order valence-corrected chi connectivity index (χ2v) is 8.38. The Balaban J connectivity index is 1.69. The molecule has 2 fully saturated rings. The first-order valence-electron chi connectivity index (χ1n) is 9.58. The van der Waals surface area contributed by atoms with Crippen LogP contribution in [0.4, 0.5) is 4.79 Å². The lowest BCUT2D eigenvalue weighted by Crippen LogP contribution is -2.43. The molecule has 0 saturated carbocycles. The average molecular weight is 348 g/mol. The van der Waals surface area contributed by atoms with Gasteiger partial charge in [0, 0.05) is 18.8 Å². The molecule has 0 aromatic carbocycles. The van der Waals surface area contributed by atoms with Gasteiger partial charge in [-0.05, 0) is 77.9 Å². The largest absolute Gasteiger partial charge is 0.444 e. The summed E-state index contributed by atoms with van der Waals surface area (Å²) in [5.41, 5.74) is 2.20. The molecule has 6 heteroatoms. The molecule has 2 aliphatic rings. The fourth-order valence-corrected chi connectivity index (χ4v) is 3.99. The van der Waals surface area contributed by atoms with Crippen LogP contribution in [0.1, 0.15) is 69.7 Å². The minimum atomic E-state index is -0.451. The molecule has 1 aromatic heterocycles. The molecule has 2 aliphatic heterocycles. The lowest BCUT2D eigenvalue weighted by Gasteiger charge is -2.34. The third-order valence-corrected chi connectivity index (χ3v) is 5.26. The molecule has 140 valence electrons. The summed E-state index contributed by atoms with van der Waals surface area (Å²) in [7, 11) is 0. The molecular weight excluding hydrogens is 316 g/mol. The zero-order valence-electron chi connectivity index (χ0n) is 16.0. The van der Waals surface area contributed by atoms with Gasteiger partial charge in [0.15, 0.2) is 0 Å². The molecule has 0 radical (unpaired) electrons. The van der Waals surface area contributed by atoms with E-state index in [-0.39, 0.29) is 12.1 Å². The number of likely N-dealkylation sites (tertiary alicyclic amines) is 1. The number of hydrogen-bond acceptors (Lipinski definition) is 4. The van der Waals surface area contributed by atoms with Crippen LogP contribution in [0.5, 0.6) is 0 Å². The van der Waals surface area contributed by atoms with Crippen molar-refractivity contribution in [1.82, 2.24) is 20.0 Å². The van der Waals surface area contributed by atoms with Crippen molar-refractivity contribution in [3.8, 4) is 0 Å². The van der Waals surface area contributed by atoms with E-state index >= 15 is 0 Å². The molecule has 1 N–H and O–H groups in total.